The van der Waals surface area contributed by atoms with Gasteiger partial charge in [0.2, 0.25) is 5.91 Å². The number of hydrogen-bond acceptors (Lipinski definition) is 7. The molecule has 9 heteroatoms. The topological polar surface area (TPSA) is 139 Å². The summed E-state index contributed by atoms with van der Waals surface area (Å²) in [5, 5.41) is 13.6. The van der Waals surface area contributed by atoms with Gasteiger partial charge in [0.1, 0.15) is 11.6 Å². The third kappa shape index (κ3) is 6.38. The van der Waals surface area contributed by atoms with Gasteiger partial charge in [-0.3, -0.25) is 15.0 Å². The number of amides is 1. The van der Waals surface area contributed by atoms with Crippen molar-refractivity contribution in [2.75, 3.05) is 20.8 Å². The van der Waals surface area contributed by atoms with E-state index in [4.69, 9.17) is 20.7 Å². The molecule has 0 aliphatic carbocycles. The Balaban J connectivity index is 1.56. The molecule has 0 radical (unpaired) electrons. The molecule has 0 saturated carbocycles. The van der Waals surface area contributed by atoms with E-state index >= 15 is 0 Å². The summed E-state index contributed by atoms with van der Waals surface area (Å²) in [6, 6.07) is 13.9. The first-order valence-electron chi connectivity index (χ1n) is 10.8. The van der Waals surface area contributed by atoms with Crippen LogP contribution in [0.2, 0.25) is 0 Å². The number of nitrogen functional groups attached to an aromatic ring is 1. The standard InChI is InChI=1S/C24H31N5O4/c1-32-21-12-16(23(25)26)8-9-17(21)13-28-24(31)20-11-18(14-27-20)22(30)19(29-33-2)10-15-6-4-3-5-7-15/h3-9,12,18-20,27,29H,10-11,13-14H2,1-2H3,(H3,25,26)(H,28,31)/t18?,19?,20-/m1/s1. The van der Waals surface area contributed by atoms with E-state index in [9.17, 15) is 9.59 Å². The van der Waals surface area contributed by atoms with Crippen molar-refractivity contribution in [1.82, 2.24) is 16.1 Å². The molecule has 2 aromatic carbocycles. The molecule has 33 heavy (non-hydrogen) atoms. The van der Waals surface area contributed by atoms with Crippen LogP contribution in [0.5, 0.6) is 5.75 Å². The fraction of sp³-hybridized carbons (Fsp3) is 0.375. The summed E-state index contributed by atoms with van der Waals surface area (Å²) in [7, 11) is 3.02. The molecule has 1 fully saturated rings. The first-order chi connectivity index (χ1) is 15.9. The average molecular weight is 454 g/mol. The molecule has 1 aliphatic heterocycles. The average Bonchev–Trinajstić information content (AvgIpc) is 3.32. The SMILES string of the molecule is CONC(Cc1ccccc1)C(=O)C1CN[C@@H](C(=O)NCc2ccc(C(=N)N)cc2OC)C1. The highest BCUT2D eigenvalue weighted by Gasteiger charge is 2.36. The summed E-state index contributed by atoms with van der Waals surface area (Å²) < 4.78 is 5.36. The van der Waals surface area contributed by atoms with Crippen LogP contribution >= 0.6 is 0 Å². The van der Waals surface area contributed by atoms with Crippen molar-refractivity contribution < 1.29 is 19.2 Å². The zero-order valence-corrected chi connectivity index (χ0v) is 18.9. The van der Waals surface area contributed by atoms with Gasteiger partial charge < -0.3 is 25.9 Å². The van der Waals surface area contributed by atoms with Crippen molar-refractivity contribution in [3.8, 4) is 5.75 Å². The van der Waals surface area contributed by atoms with Crippen LogP contribution in [0.4, 0.5) is 0 Å². The van der Waals surface area contributed by atoms with E-state index in [1.54, 1.807) is 18.2 Å². The summed E-state index contributed by atoms with van der Waals surface area (Å²) in [5.74, 6) is 0.0434. The molecule has 3 atom stereocenters. The minimum absolute atomic E-state index is 0.0185. The van der Waals surface area contributed by atoms with Crippen LogP contribution in [-0.4, -0.2) is 50.4 Å². The van der Waals surface area contributed by atoms with Crippen LogP contribution in [0.15, 0.2) is 48.5 Å². The monoisotopic (exact) mass is 453 g/mol. The Morgan fingerprint density at radius 1 is 1.21 bits per heavy atom. The van der Waals surface area contributed by atoms with Gasteiger partial charge in [0.05, 0.1) is 26.3 Å². The van der Waals surface area contributed by atoms with Crippen molar-refractivity contribution in [2.45, 2.75) is 31.5 Å². The van der Waals surface area contributed by atoms with E-state index in [1.165, 1.54) is 14.2 Å². The van der Waals surface area contributed by atoms with Gasteiger partial charge >= 0.3 is 0 Å². The van der Waals surface area contributed by atoms with E-state index < -0.39 is 12.1 Å². The maximum Gasteiger partial charge on any atom is 0.237 e. The Hall–Kier alpha value is -3.27. The molecule has 0 aromatic heterocycles. The molecule has 176 valence electrons. The number of Topliss-reactive ketones (excluding diaryl/α,β-unsaturated/α-hetero) is 1. The van der Waals surface area contributed by atoms with Crippen molar-refractivity contribution in [3.63, 3.8) is 0 Å². The number of ether oxygens (including phenoxy) is 1. The van der Waals surface area contributed by atoms with Gasteiger partial charge in [0.15, 0.2) is 5.78 Å². The molecule has 1 heterocycles. The fourth-order valence-electron chi connectivity index (χ4n) is 3.99. The predicted molar refractivity (Wildman–Crippen MR) is 125 cm³/mol. The largest absolute Gasteiger partial charge is 0.496 e. The lowest BCUT2D eigenvalue weighted by molar-refractivity contribution is -0.128. The zero-order valence-electron chi connectivity index (χ0n) is 18.9. The van der Waals surface area contributed by atoms with Crippen LogP contribution in [0.1, 0.15) is 23.1 Å². The number of rotatable bonds is 11. The number of nitrogens with one attached hydrogen (secondary N) is 4. The normalized spacial score (nSPS) is 18.5. The lowest BCUT2D eigenvalue weighted by atomic mass is 9.92. The smallest absolute Gasteiger partial charge is 0.237 e. The number of carbonyl (C=O) groups is 2. The molecule has 0 spiro atoms. The van der Waals surface area contributed by atoms with E-state index in [1.807, 2.05) is 30.3 Å². The van der Waals surface area contributed by atoms with Crippen LogP contribution in [0, 0.1) is 11.3 Å². The van der Waals surface area contributed by atoms with E-state index in [0.29, 0.717) is 30.7 Å². The quantitative estimate of drug-likeness (QED) is 0.194. The maximum atomic E-state index is 13.1. The Kier molecular flexibility index (Phi) is 8.53. The fourth-order valence-corrected chi connectivity index (χ4v) is 3.99. The summed E-state index contributed by atoms with van der Waals surface area (Å²) in [6.45, 7) is 0.698. The van der Waals surface area contributed by atoms with Gasteiger partial charge in [-0.25, -0.2) is 0 Å². The number of amidine groups is 1. The summed E-state index contributed by atoms with van der Waals surface area (Å²) in [6.07, 6.45) is 0.929. The second kappa shape index (κ2) is 11.6. The van der Waals surface area contributed by atoms with Gasteiger partial charge in [-0.1, -0.05) is 42.5 Å². The third-order valence-corrected chi connectivity index (χ3v) is 5.79. The van der Waals surface area contributed by atoms with Crippen molar-refractivity contribution in [3.05, 3.63) is 65.2 Å². The first-order valence-corrected chi connectivity index (χ1v) is 10.8. The van der Waals surface area contributed by atoms with E-state index in [2.05, 4.69) is 16.1 Å². The molecular formula is C24H31N5O4. The number of methoxy groups -OCH3 is 1. The molecule has 3 rings (SSSR count). The number of benzene rings is 2. The molecule has 6 N–H and O–H groups in total. The predicted octanol–water partition coefficient (Wildman–Crippen LogP) is 0.905. The van der Waals surface area contributed by atoms with Crippen molar-refractivity contribution in [1.29, 1.82) is 5.41 Å². The minimum Gasteiger partial charge on any atom is -0.496 e. The Morgan fingerprint density at radius 2 is 1.97 bits per heavy atom. The number of nitrogens with two attached hydrogens (primary N) is 1. The summed E-state index contributed by atoms with van der Waals surface area (Å²) in [5.41, 5.74) is 10.7. The van der Waals surface area contributed by atoms with E-state index in [-0.39, 0.29) is 30.0 Å². The minimum atomic E-state index is -0.491. The maximum absolute atomic E-state index is 13.1. The summed E-state index contributed by atoms with van der Waals surface area (Å²) in [4.78, 5) is 30.9. The van der Waals surface area contributed by atoms with Gasteiger partial charge in [-0.2, -0.15) is 5.48 Å². The lowest BCUT2D eigenvalue weighted by Crippen LogP contribution is -2.42. The zero-order chi connectivity index (χ0) is 23.8. The Bertz CT molecular complexity index is 982. The molecule has 1 aliphatic rings. The molecule has 9 nitrogen and oxygen atoms in total. The van der Waals surface area contributed by atoms with Crippen molar-refractivity contribution in [2.24, 2.45) is 11.7 Å². The molecule has 1 saturated heterocycles. The van der Waals surface area contributed by atoms with Crippen LogP contribution in [0.3, 0.4) is 0 Å². The number of hydrogen-bond donors (Lipinski definition) is 5. The first kappa shape index (κ1) is 24.4. The van der Waals surface area contributed by atoms with Crippen LogP contribution in [-0.2, 0) is 27.4 Å². The summed E-state index contributed by atoms with van der Waals surface area (Å²) >= 11 is 0. The van der Waals surface area contributed by atoms with Crippen molar-refractivity contribution >= 4 is 17.5 Å². The van der Waals surface area contributed by atoms with Gasteiger partial charge in [-0.15, -0.1) is 0 Å². The highest BCUT2D eigenvalue weighted by Crippen LogP contribution is 2.21. The second-order valence-corrected chi connectivity index (χ2v) is 8.02. The number of ketones is 1. The molecule has 2 unspecified atom stereocenters. The second-order valence-electron chi connectivity index (χ2n) is 8.02. The van der Waals surface area contributed by atoms with Crippen LogP contribution < -0.4 is 26.6 Å². The van der Waals surface area contributed by atoms with Gasteiger partial charge in [-0.05, 0) is 24.5 Å². The Labute approximate surface area is 193 Å². The lowest BCUT2D eigenvalue weighted by Gasteiger charge is -2.19. The molecular weight excluding hydrogens is 422 g/mol. The molecule has 2 aromatic rings. The van der Waals surface area contributed by atoms with Crippen LogP contribution in [0.25, 0.3) is 0 Å². The number of hydroxylamine groups is 1. The highest BCUT2D eigenvalue weighted by molar-refractivity contribution is 5.95. The Morgan fingerprint density at radius 3 is 2.64 bits per heavy atom. The van der Waals surface area contributed by atoms with Gasteiger partial charge in [0, 0.05) is 30.1 Å². The van der Waals surface area contributed by atoms with Gasteiger partial charge in [0.25, 0.3) is 0 Å². The molecule has 1 amide bonds. The van der Waals surface area contributed by atoms with E-state index in [0.717, 1.165) is 11.1 Å². The molecule has 0 bridgehead atoms. The highest BCUT2D eigenvalue weighted by atomic mass is 16.6. The number of carbonyl (C=O) groups excluding carboxylic acids is 2. The third-order valence-electron chi connectivity index (χ3n) is 5.79.